The van der Waals surface area contributed by atoms with Crippen LogP contribution in [0.4, 0.5) is 10.8 Å². The van der Waals surface area contributed by atoms with Crippen molar-refractivity contribution >= 4 is 32.4 Å². The Hall–Kier alpha value is -2.11. The van der Waals surface area contributed by atoms with Crippen LogP contribution in [0.15, 0.2) is 42.5 Å². The molecule has 0 saturated heterocycles. The van der Waals surface area contributed by atoms with Crippen molar-refractivity contribution in [2.75, 3.05) is 24.3 Å². The maximum atomic E-state index is 5.87. The van der Waals surface area contributed by atoms with Crippen molar-refractivity contribution in [1.82, 2.24) is 9.88 Å². The Labute approximate surface area is 145 Å². The number of anilines is 2. The fourth-order valence-corrected chi connectivity index (χ4v) is 4.80. The van der Waals surface area contributed by atoms with E-state index in [9.17, 15) is 0 Å². The molecule has 2 aromatic carbocycles. The SMILES string of the molecule is CN1CN(C2(c3ccc4nc(N)sc4c3)CC2)Cc2ccccc21. The first-order valence-corrected chi connectivity index (χ1v) is 9.18. The number of nitrogen functional groups attached to an aromatic ring is 1. The molecule has 0 amide bonds. The van der Waals surface area contributed by atoms with Crippen LogP contribution in [0, 0.1) is 0 Å². The number of para-hydroxylation sites is 1. The van der Waals surface area contributed by atoms with Crippen LogP contribution in [0.25, 0.3) is 10.2 Å². The summed E-state index contributed by atoms with van der Waals surface area (Å²) in [6.45, 7) is 1.99. The van der Waals surface area contributed by atoms with E-state index >= 15 is 0 Å². The van der Waals surface area contributed by atoms with Crippen molar-refractivity contribution in [3.05, 3.63) is 53.6 Å². The normalized spacial score (nSPS) is 19.5. The van der Waals surface area contributed by atoms with Gasteiger partial charge in [0.15, 0.2) is 5.13 Å². The second kappa shape index (κ2) is 4.94. The molecule has 2 N–H and O–H groups in total. The molecule has 1 aliphatic heterocycles. The van der Waals surface area contributed by atoms with Gasteiger partial charge in [0.2, 0.25) is 0 Å². The summed E-state index contributed by atoms with van der Waals surface area (Å²) in [5, 5.41) is 0.652. The molecule has 0 bridgehead atoms. The van der Waals surface area contributed by atoms with Crippen LogP contribution in [-0.2, 0) is 12.1 Å². The molecule has 1 saturated carbocycles. The molecular formula is C19H20N4S. The minimum atomic E-state index is 0.175. The Morgan fingerprint density at radius 3 is 2.83 bits per heavy atom. The molecule has 5 rings (SSSR count). The highest BCUT2D eigenvalue weighted by molar-refractivity contribution is 7.22. The molecule has 122 valence electrons. The van der Waals surface area contributed by atoms with Crippen LogP contribution in [0.3, 0.4) is 0 Å². The van der Waals surface area contributed by atoms with Crippen molar-refractivity contribution in [2.45, 2.75) is 24.9 Å². The highest BCUT2D eigenvalue weighted by atomic mass is 32.1. The molecule has 1 fully saturated rings. The van der Waals surface area contributed by atoms with E-state index < -0.39 is 0 Å². The molecule has 24 heavy (non-hydrogen) atoms. The fraction of sp³-hybridized carbons (Fsp3) is 0.316. The molecule has 4 nitrogen and oxygen atoms in total. The third-order valence-electron chi connectivity index (χ3n) is 5.42. The van der Waals surface area contributed by atoms with Gasteiger partial charge in [-0.2, -0.15) is 0 Å². The number of aromatic nitrogens is 1. The van der Waals surface area contributed by atoms with Crippen molar-refractivity contribution in [3.63, 3.8) is 0 Å². The lowest BCUT2D eigenvalue weighted by molar-refractivity contribution is 0.161. The molecule has 1 aromatic heterocycles. The lowest BCUT2D eigenvalue weighted by atomic mass is 10.00. The third-order valence-corrected chi connectivity index (χ3v) is 6.27. The Morgan fingerprint density at radius 1 is 1.17 bits per heavy atom. The molecule has 0 spiro atoms. The van der Waals surface area contributed by atoms with E-state index in [0.717, 1.165) is 18.7 Å². The second-order valence-electron chi connectivity index (χ2n) is 6.93. The lowest BCUT2D eigenvalue weighted by Gasteiger charge is -2.41. The zero-order valence-corrected chi connectivity index (χ0v) is 14.5. The zero-order valence-electron chi connectivity index (χ0n) is 13.7. The highest BCUT2D eigenvalue weighted by Gasteiger charge is 2.50. The van der Waals surface area contributed by atoms with Crippen LogP contribution in [-0.4, -0.2) is 23.6 Å². The first-order valence-electron chi connectivity index (χ1n) is 8.36. The van der Waals surface area contributed by atoms with E-state index in [-0.39, 0.29) is 5.54 Å². The summed E-state index contributed by atoms with van der Waals surface area (Å²) in [7, 11) is 2.19. The van der Waals surface area contributed by atoms with Gasteiger partial charge in [0.1, 0.15) is 0 Å². The van der Waals surface area contributed by atoms with Crippen LogP contribution in [0.2, 0.25) is 0 Å². The van der Waals surface area contributed by atoms with Gasteiger partial charge in [-0.05, 0) is 42.2 Å². The fourth-order valence-electron chi connectivity index (χ4n) is 4.03. The third kappa shape index (κ3) is 2.05. The van der Waals surface area contributed by atoms with E-state index in [1.807, 2.05) is 0 Å². The Kier molecular flexibility index (Phi) is 2.94. The van der Waals surface area contributed by atoms with Crippen molar-refractivity contribution < 1.29 is 0 Å². The van der Waals surface area contributed by atoms with E-state index in [2.05, 4.69) is 64.3 Å². The maximum Gasteiger partial charge on any atom is 0.181 e. The predicted molar refractivity (Wildman–Crippen MR) is 100 cm³/mol. The van der Waals surface area contributed by atoms with Gasteiger partial charge in [-0.3, -0.25) is 4.90 Å². The molecule has 2 aliphatic rings. The Balaban J connectivity index is 1.53. The maximum absolute atomic E-state index is 5.87. The summed E-state index contributed by atoms with van der Waals surface area (Å²) in [5.74, 6) is 0. The summed E-state index contributed by atoms with van der Waals surface area (Å²) in [6, 6.07) is 15.4. The number of hydrogen-bond donors (Lipinski definition) is 1. The van der Waals surface area contributed by atoms with E-state index in [0.29, 0.717) is 5.13 Å². The first-order chi connectivity index (χ1) is 11.7. The summed E-state index contributed by atoms with van der Waals surface area (Å²) < 4.78 is 1.20. The first kappa shape index (κ1) is 14.3. The monoisotopic (exact) mass is 336 g/mol. The van der Waals surface area contributed by atoms with Gasteiger partial charge in [0.25, 0.3) is 0 Å². The van der Waals surface area contributed by atoms with Crippen LogP contribution in [0.5, 0.6) is 0 Å². The van der Waals surface area contributed by atoms with E-state index in [4.69, 9.17) is 5.73 Å². The molecule has 0 radical (unpaired) electrons. The average Bonchev–Trinajstić information content (AvgIpc) is 3.30. The zero-order chi connectivity index (χ0) is 16.3. The van der Waals surface area contributed by atoms with Gasteiger partial charge in [-0.1, -0.05) is 35.6 Å². The molecule has 5 heteroatoms. The van der Waals surface area contributed by atoms with E-state index in [1.165, 1.54) is 34.4 Å². The van der Waals surface area contributed by atoms with Crippen LogP contribution in [0.1, 0.15) is 24.0 Å². The molecule has 1 aliphatic carbocycles. The lowest BCUT2D eigenvalue weighted by Crippen LogP contribution is -2.45. The number of fused-ring (bicyclic) bond motifs is 2. The van der Waals surface area contributed by atoms with Crippen molar-refractivity contribution in [3.8, 4) is 0 Å². The number of benzene rings is 2. The Morgan fingerprint density at radius 2 is 2.00 bits per heavy atom. The summed E-state index contributed by atoms with van der Waals surface area (Å²) in [4.78, 5) is 9.37. The van der Waals surface area contributed by atoms with Gasteiger partial charge in [0.05, 0.1) is 16.9 Å². The smallest absolute Gasteiger partial charge is 0.181 e. The molecule has 2 heterocycles. The van der Waals surface area contributed by atoms with Gasteiger partial charge in [0, 0.05) is 24.8 Å². The largest absolute Gasteiger partial charge is 0.375 e. The van der Waals surface area contributed by atoms with Crippen molar-refractivity contribution in [2.24, 2.45) is 0 Å². The van der Waals surface area contributed by atoms with Crippen LogP contribution >= 0.6 is 11.3 Å². The van der Waals surface area contributed by atoms with E-state index in [1.54, 1.807) is 11.3 Å². The highest BCUT2D eigenvalue weighted by Crippen LogP contribution is 2.53. The minimum Gasteiger partial charge on any atom is -0.375 e. The van der Waals surface area contributed by atoms with Gasteiger partial charge >= 0.3 is 0 Å². The number of nitrogens with zero attached hydrogens (tertiary/aromatic N) is 3. The molecule has 3 aromatic rings. The summed E-state index contributed by atoms with van der Waals surface area (Å²) >= 11 is 1.58. The number of rotatable bonds is 2. The van der Waals surface area contributed by atoms with Gasteiger partial charge < -0.3 is 10.6 Å². The minimum absolute atomic E-state index is 0.175. The Bertz CT molecular complexity index is 928. The standard InChI is InChI=1S/C19H20N4S/c1-22-12-23(11-13-4-2-3-5-16(13)22)19(8-9-19)14-6-7-15-17(10-14)24-18(20)21-15/h2-7,10H,8-9,11-12H2,1H3,(H2,20,21). The topological polar surface area (TPSA) is 45.4 Å². The van der Waals surface area contributed by atoms with Gasteiger partial charge in [-0.25, -0.2) is 4.98 Å². The molecule has 0 atom stereocenters. The summed E-state index contributed by atoms with van der Waals surface area (Å²) in [5.41, 5.74) is 11.2. The quantitative estimate of drug-likeness (QED) is 0.773. The van der Waals surface area contributed by atoms with Crippen LogP contribution < -0.4 is 10.6 Å². The van der Waals surface area contributed by atoms with Gasteiger partial charge in [-0.15, -0.1) is 0 Å². The predicted octanol–water partition coefficient (Wildman–Crippen LogP) is 3.78. The second-order valence-corrected chi connectivity index (χ2v) is 7.99. The molecular weight excluding hydrogens is 316 g/mol. The number of thiazole rings is 1. The van der Waals surface area contributed by atoms with Crippen molar-refractivity contribution in [1.29, 1.82) is 0 Å². The number of hydrogen-bond acceptors (Lipinski definition) is 5. The molecule has 0 unspecified atom stereocenters. The summed E-state index contributed by atoms with van der Waals surface area (Å²) in [6.07, 6.45) is 2.45. The average molecular weight is 336 g/mol. The number of nitrogens with two attached hydrogens (primary N) is 1.